The standard InChI is InChI=1S/C24H25FN4O2/c1-12-8-21(29-28-12)27-24(30)22(13-2-3-13)23-16-10-15(11-17(16)23)31-20-6-7-26-19-5-4-14(25)9-18(19)20/h4-9,13,15-17,22-23H,2-3,10-11H2,1H3,(H2,27,28,29,30)/t15?,16-,17+,22?,23?. The van der Waals surface area contributed by atoms with Gasteiger partial charge in [-0.15, -0.1) is 0 Å². The van der Waals surface area contributed by atoms with Crippen LogP contribution in [-0.2, 0) is 4.79 Å². The molecule has 1 aromatic carbocycles. The molecule has 3 fully saturated rings. The molecule has 6 rings (SSSR count). The van der Waals surface area contributed by atoms with E-state index in [1.807, 2.05) is 19.1 Å². The number of aryl methyl sites for hydroxylation is 1. The van der Waals surface area contributed by atoms with Crippen molar-refractivity contribution in [3.8, 4) is 5.75 Å². The van der Waals surface area contributed by atoms with Gasteiger partial charge in [0.2, 0.25) is 5.91 Å². The summed E-state index contributed by atoms with van der Waals surface area (Å²) in [6.07, 6.45) is 6.00. The topological polar surface area (TPSA) is 79.9 Å². The van der Waals surface area contributed by atoms with Gasteiger partial charge in [-0.05, 0) is 80.5 Å². The van der Waals surface area contributed by atoms with Crippen LogP contribution >= 0.6 is 0 Å². The second-order valence-electron chi connectivity index (χ2n) is 9.38. The van der Waals surface area contributed by atoms with Crippen molar-refractivity contribution in [1.29, 1.82) is 0 Å². The van der Waals surface area contributed by atoms with E-state index in [1.54, 1.807) is 12.3 Å². The zero-order valence-corrected chi connectivity index (χ0v) is 17.3. The Labute approximate surface area is 179 Å². The molecule has 1 amide bonds. The lowest BCUT2D eigenvalue weighted by Gasteiger charge is -2.21. The lowest BCUT2D eigenvalue weighted by molar-refractivity contribution is -0.121. The molecule has 2 N–H and O–H groups in total. The number of carbonyl (C=O) groups is 1. The van der Waals surface area contributed by atoms with Crippen molar-refractivity contribution in [3.63, 3.8) is 0 Å². The molecular formula is C24H25FN4O2. The van der Waals surface area contributed by atoms with Gasteiger partial charge >= 0.3 is 0 Å². The maximum absolute atomic E-state index is 13.7. The number of halogens is 1. The van der Waals surface area contributed by atoms with Crippen molar-refractivity contribution in [2.24, 2.45) is 29.6 Å². The maximum Gasteiger partial charge on any atom is 0.229 e. The molecule has 160 valence electrons. The van der Waals surface area contributed by atoms with Gasteiger partial charge in [0.05, 0.1) is 11.6 Å². The predicted molar refractivity (Wildman–Crippen MR) is 114 cm³/mol. The number of hydrogen-bond acceptors (Lipinski definition) is 4. The predicted octanol–water partition coefficient (Wildman–Crippen LogP) is 4.47. The van der Waals surface area contributed by atoms with Gasteiger partial charge in [-0.1, -0.05) is 0 Å². The van der Waals surface area contributed by atoms with Gasteiger partial charge in [-0.2, -0.15) is 5.10 Å². The van der Waals surface area contributed by atoms with Crippen LogP contribution in [0.25, 0.3) is 10.9 Å². The Balaban J connectivity index is 1.13. The molecule has 0 aliphatic heterocycles. The first-order valence-electron chi connectivity index (χ1n) is 11.1. The summed E-state index contributed by atoms with van der Waals surface area (Å²) in [5.41, 5.74) is 1.67. The van der Waals surface area contributed by atoms with E-state index < -0.39 is 0 Å². The number of amides is 1. The van der Waals surface area contributed by atoms with Crippen molar-refractivity contribution >= 4 is 22.6 Å². The first-order valence-corrected chi connectivity index (χ1v) is 11.1. The van der Waals surface area contributed by atoms with Gasteiger partial charge in [-0.3, -0.25) is 14.9 Å². The Kier molecular flexibility index (Phi) is 4.26. The van der Waals surface area contributed by atoms with E-state index >= 15 is 0 Å². The minimum absolute atomic E-state index is 0.0730. The number of nitrogens with one attached hydrogen (secondary N) is 2. The summed E-state index contributed by atoms with van der Waals surface area (Å²) in [5, 5.41) is 10.8. The fourth-order valence-electron chi connectivity index (χ4n) is 5.70. The van der Waals surface area contributed by atoms with Crippen LogP contribution in [0.4, 0.5) is 10.2 Å². The summed E-state index contributed by atoms with van der Waals surface area (Å²) in [4.78, 5) is 17.3. The van der Waals surface area contributed by atoms with E-state index in [0.29, 0.717) is 40.6 Å². The van der Waals surface area contributed by atoms with E-state index in [4.69, 9.17) is 4.74 Å². The molecule has 0 saturated heterocycles. The number of pyridine rings is 1. The lowest BCUT2D eigenvalue weighted by atomic mass is 9.91. The Hall–Kier alpha value is -2.96. The van der Waals surface area contributed by atoms with Gasteiger partial charge in [0.1, 0.15) is 11.6 Å². The molecule has 7 heteroatoms. The molecule has 3 aromatic rings. The van der Waals surface area contributed by atoms with Crippen molar-refractivity contribution in [1.82, 2.24) is 15.2 Å². The molecule has 6 nitrogen and oxygen atoms in total. The molecule has 2 heterocycles. The number of anilines is 1. The summed E-state index contributed by atoms with van der Waals surface area (Å²) in [6, 6.07) is 8.26. The quantitative estimate of drug-likeness (QED) is 0.616. The number of rotatable bonds is 6. The fraction of sp³-hybridized carbons (Fsp3) is 0.458. The number of aromatic amines is 1. The largest absolute Gasteiger partial charge is 0.490 e. The van der Waals surface area contributed by atoms with Gasteiger partial charge in [-0.25, -0.2) is 4.39 Å². The third-order valence-corrected chi connectivity index (χ3v) is 7.23. The first-order chi connectivity index (χ1) is 15.1. The number of H-pyrrole nitrogens is 1. The van der Waals surface area contributed by atoms with Gasteiger partial charge in [0.15, 0.2) is 5.82 Å². The van der Waals surface area contributed by atoms with Gasteiger partial charge in [0.25, 0.3) is 0 Å². The van der Waals surface area contributed by atoms with E-state index in [1.165, 1.54) is 12.1 Å². The minimum Gasteiger partial charge on any atom is -0.490 e. The van der Waals surface area contributed by atoms with Crippen molar-refractivity contribution < 1.29 is 13.9 Å². The van der Waals surface area contributed by atoms with Crippen LogP contribution in [0.1, 0.15) is 31.4 Å². The Bertz CT molecular complexity index is 1150. The normalized spacial score (nSPS) is 27.7. The third kappa shape index (κ3) is 3.46. The zero-order valence-electron chi connectivity index (χ0n) is 17.3. The van der Waals surface area contributed by atoms with Crippen molar-refractivity contribution in [2.45, 2.75) is 38.7 Å². The highest BCUT2D eigenvalue weighted by molar-refractivity contribution is 5.92. The summed E-state index contributed by atoms with van der Waals surface area (Å²) >= 11 is 0. The van der Waals surface area contributed by atoms with E-state index in [2.05, 4.69) is 20.5 Å². The van der Waals surface area contributed by atoms with Crippen LogP contribution in [0, 0.1) is 42.3 Å². The summed E-state index contributed by atoms with van der Waals surface area (Å²) in [6.45, 7) is 1.92. The SMILES string of the molecule is Cc1cc(NC(=O)C(C2CC2)C2[C@H]3CC(Oc4ccnc5ccc(F)cc45)C[C@@H]23)n[nH]1. The van der Waals surface area contributed by atoms with Crippen LogP contribution in [-0.4, -0.2) is 27.2 Å². The molecular weight excluding hydrogens is 395 g/mol. The summed E-state index contributed by atoms with van der Waals surface area (Å²) < 4.78 is 20.0. The molecule has 31 heavy (non-hydrogen) atoms. The molecule has 5 atom stereocenters. The van der Waals surface area contributed by atoms with Crippen LogP contribution in [0.2, 0.25) is 0 Å². The second kappa shape index (κ2) is 7.04. The molecule has 3 saturated carbocycles. The zero-order chi connectivity index (χ0) is 21.1. The van der Waals surface area contributed by atoms with E-state index in [9.17, 15) is 9.18 Å². The molecule has 2 aromatic heterocycles. The minimum atomic E-state index is -0.287. The molecule has 0 radical (unpaired) electrons. The number of benzene rings is 1. The molecule has 3 aliphatic carbocycles. The highest BCUT2D eigenvalue weighted by atomic mass is 19.1. The third-order valence-electron chi connectivity index (χ3n) is 7.23. The van der Waals surface area contributed by atoms with Crippen LogP contribution in [0.15, 0.2) is 36.5 Å². The van der Waals surface area contributed by atoms with Crippen molar-refractivity contribution in [2.75, 3.05) is 5.32 Å². The van der Waals surface area contributed by atoms with E-state index in [0.717, 1.165) is 36.9 Å². The Morgan fingerprint density at radius 2 is 2.03 bits per heavy atom. The average Bonchev–Trinajstić information content (AvgIpc) is 3.60. The number of aromatic nitrogens is 3. The molecule has 3 unspecified atom stereocenters. The Morgan fingerprint density at radius 3 is 2.74 bits per heavy atom. The van der Waals surface area contributed by atoms with Crippen LogP contribution < -0.4 is 10.1 Å². The number of ether oxygens (including phenoxy) is 1. The van der Waals surface area contributed by atoms with Gasteiger partial charge < -0.3 is 10.1 Å². The molecule has 0 bridgehead atoms. The highest BCUT2D eigenvalue weighted by Gasteiger charge is 2.63. The Morgan fingerprint density at radius 1 is 1.23 bits per heavy atom. The highest BCUT2D eigenvalue weighted by Crippen LogP contribution is 2.64. The fourth-order valence-corrected chi connectivity index (χ4v) is 5.70. The average molecular weight is 420 g/mol. The number of carbonyl (C=O) groups excluding carboxylic acids is 1. The summed E-state index contributed by atoms with van der Waals surface area (Å²) in [5.74, 6) is 3.21. The molecule has 3 aliphatic rings. The first kappa shape index (κ1) is 18.8. The smallest absolute Gasteiger partial charge is 0.229 e. The molecule has 0 spiro atoms. The monoisotopic (exact) mass is 420 g/mol. The second-order valence-corrected chi connectivity index (χ2v) is 9.38. The lowest BCUT2D eigenvalue weighted by Crippen LogP contribution is -2.29. The maximum atomic E-state index is 13.7. The number of fused-ring (bicyclic) bond motifs is 2. The van der Waals surface area contributed by atoms with Gasteiger partial charge in [0, 0.05) is 29.3 Å². The number of nitrogens with zero attached hydrogens (tertiary/aromatic N) is 2. The van der Waals surface area contributed by atoms with Crippen LogP contribution in [0.3, 0.4) is 0 Å². The van der Waals surface area contributed by atoms with E-state index in [-0.39, 0.29) is 23.7 Å². The van der Waals surface area contributed by atoms with Crippen LogP contribution in [0.5, 0.6) is 5.75 Å². The number of hydrogen-bond donors (Lipinski definition) is 2. The van der Waals surface area contributed by atoms with Crippen molar-refractivity contribution in [3.05, 3.63) is 48.0 Å². The summed E-state index contributed by atoms with van der Waals surface area (Å²) in [7, 11) is 0.